The quantitative estimate of drug-likeness (QED) is 0.715. The number of fused-ring (bicyclic) bond motifs is 1. The molecule has 0 atom stereocenters. The van der Waals surface area contributed by atoms with Crippen LogP contribution in [0.15, 0.2) is 53.3 Å². The molecule has 0 fully saturated rings. The highest BCUT2D eigenvalue weighted by Crippen LogP contribution is 2.15. The van der Waals surface area contributed by atoms with E-state index in [0.29, 0.717) is 28.0 Å². The first-order valence-electron chi connectivity index (χ1n) is 7.42. The average molecular weight is 343 g/mol. The molecule has 0 radical (unpaired) electrons. The SMILES string of the molecule is CCn1c(NNC(=O)c2ccccc2Cl)nc2ccccc2c1=O. The van der Waals surface area contributed by atoms with E-state index in [1.165, 1.54) is 4.57 Å². The highest BCUT2D eigenvalue weighted by Gasteiger charge is 2.12. The summed E-state index contributed by atoms with van der Waals surface area (Å²) in [7, 11) is 0. The van der Waals surface area contributed by atoms with Crippen molar-refractivity contribution in [1.29, 1.82) is 0 Å². The van der Waals surface area contributed by atoms with Crippen LogP contribution in [-0.2, 0) is 6.54 Å². The van der Waals surface area contributed by atoms with Crippen molar-refractivity contribution >= 4 is 34.4 Å². The highest BCUT2D eigenvalue weighted by molar-refractivity contribution is 6.33. The molecule has 0 bridgehead atoms. The lowest BCUT2D eigenvalue weighted by Crippen LogP contribution is -2.34. The first-order chi connectivity index (χ1) is 11.6. The molecule has 0 saturated carbocycles. The van der Waals surface area contributed by atoms with Crippen molar-refractivity contribution in [3.8, 4) is 0 Å². The minimum absolute atomic E-state index is 0.169. The van der Waals surface area contributed by atoms with Gasteiger partial charge in [0.25, 0.3) is 11.5 Å². The first kappa shape index (κ1) is 16.0. The number of carbonyl (C=O) groups excluding carboxylic acids is 1. The van der Waals surface area contributed by atoms with Gasteiger partial charge in [0.1, 0.15) is 0 Å². The van der Waals surface area contributed by atoms with Gasteiger partial charge >= 0.3 is 0 Å². The van der Waals surface area contributed by atoms with Crippen LogP contribution >= 0.6 is 11.6 Å². The van der Waals surface area contributed by atoms with Gasteiger partial charge in [0, 0.05) is 6.54 Å². The number of hydrogen-bond acceptors (Lipinski definition) is 4. The molecular formula is C17H15ClN4O2. The molecule has 0 unspecified atom stereocenters. The van der Waals surface area contributed by atoms with Crippen LogP contribution < -0.4 is 16.4 Å². The lowest BCUT2D eigenvalue weighted by Gasteiger charge is -2.14. The number of amides is 1. The van der Waals surface area contributed by atoms with Gasteiger partial charge in [-0.3, -0.25) is 25.0 Å². The number of hydrazine groups is 1. The second kappa shape index (κ2) is 6.72. The van der Waals surface area contributed by atoms with E-state index in [2.05, 4.69) is 15.8 Å². The summed E-state index contributed by atoms with van der Waals surface area (Å²) in [6, 6.07) is 13.8. The molecule has 2 aromatic carbocycles. The maximum absolute atomic E-state index is 12.5. The minimum atomic E-state index is -0.411. The Morgan fingerprint density at radius 1 is 1.17 bits per heavy atom. The van der Waals surface area contributed by atoms with Crippen molar-refractivity contribution < 1.29 is 4.79 Å². The number of para-hydroxylation sites is 1. The molecule has 3 aromatic rings. The zero-order chi connectivity index (χ0) is 17.1. The Hall–Kier alpha value is -2.86. The topological polar surface area (TPSA) is 76.0 Å². The zero-order valence-electron chi connectivity index (χ0n) is 12.9. The number of nitrogens with zero attached hydrogens (tertiary/aromatic N) is 2. The molecule has 7 heteroatoms. The molecule has 2 N–H and O–H groups in total. The predicted molar refractivity (Wildman–Crippen MR) is 94.2 cm³/mol. The van der Waals surface area contributed by atoms with Gasteiger partial charge in [-0.15, -0.1) is 0 Å². The summed E-state index contributed by atoms with van der Waals surface area (Å²) in [5.41, 5.74) is 5.96. The van der Waals surface area contributed by atoms with E-state index in [-0.39, 0.29) is 11.5 Å². The van der Waals surface area contributed by atoms with Gasteiger partial charge in [0.05, 0.1) is 21.5 Å². The molecule has 0 saturated heterocycles. The summed E-state index contributed by atoms with van der Waals surface area (Å²) in [6.45, 7) is 2.25. The molecule has 0 spiro atoms. The van der Waals surface area contributed by atoms with Crippen molar-refractivity contribution in [2.45, 2.75) is 13.5 Å². The predicted octanol–water partition coefficient (Wildman–Crippen LogP) is 2.83. The van der Waals surface area contributed by atoms with E-state index < -0.39 is 5.91 Å². The Kier molecular flexibility index (Phi) is 4.48. The van der Waals surface area contributed by atoms with Crippen molar-refractivity contribution in [1.82, 2.24) is 15.0 Å². The third kappa shape index (κ3) is 2.96. The van der Waals surface area contributed by atoms with Crippen LogP contribution in [0.2, 0.25) is 5.02 Å². The van der Waals surface area contributed by atoms with Crippen molar-refractivity contribution in [2.75, 3.05) is 5.43 Å². The van der Waals surface area contributed by atoms with E-state index in [9.17, 15) is 9.59 Å². The van der Waals surface area contributed by atoms with Gasteiger partial charge in [-0.2, -0.15) is 0 Å². The monoisotopic (exact) mass is 342 g/mol. The fourth-order valence-corrected chi connectivity index (χ4v) is 2.60. The minimum Gasteiger partial charge on any atom is -0.277 e. The molecule has 0 aliphatic heterocycles. The molecule has 1 amide bonds. The molecule has 1 heterocycles. The maximum Gasteiger partial charge on any atom is 0.271 e. The van der Waals surface area contributed by atoms with Gasteiger partial charge in [-0.05, 0) is 31.2 Å². The van der Waals surface area contributed by atoms with Crippen LogP contribution in [0.5, 0.6) is 0 Å². The normalized spacial score (nSPS) is 10.6. The molecular weight excluding hydrogens is 328 g/mol. The molecule has 6 nitrogen and oxygen atoms in total. The fourth-order valence-electron chi connectivity index (χ4n) is 2.38. The Bertz CT molecular complexity index is 968. The van der Waals surface area contributed by atoms with Crippen molar-refractivity contribution in [3.05, 3.63) is 69.5 Å². The number of anilines is 1. The number of hydrogen-bond donors (Lipinski definition) is 2. The van der Waals surface area contributed by atoms with E-state index >= 15 is 0 Å². The third-order valence-electron chi connectivity index (χ3n) is 3.58. The van der Waals surface area contributed by atoms with E-state index in [1.54, 1.807) is 48.5 Å². The summed E-state index contributed by atoms with van der Waals surface area (Å²) >= 11 is 6.00. The van der Waals surface area contributed by atoms with Crippen LogP contribution in [0, 0.1) is 0 Å². The van der Waals surface area contributed by atoms with Crippen LogP contribution in [0.1, 0.15) is 17.3 Å². The van der Waals surface area contributed by atoms with Gasteiger partial charge in [0.15, 0.2) is 0 Å². The fraction of sp³-hybridized carbons (Fsp3) is 0.118. The highest BCUT2D eigenvalue weighted by atomic mass is 35.5. The largest absolute Gasteiger partial charge is 0.277 e. The molecule has 0 aliphatic carbocycles. The molecule has 3 rings (SSSR count). The van der Waals surface area contributed by atoms with E-state index in [0.717, 1.165) is 0 Å². The van der Waals surface area contributed by atoms with E-state index in [4.69, 9.17) is 11.6 Å². The Morgan fingerprint density at radius 3 is 2.62 bits per heavy atom. The molecule has 24 heavy (non-hydrogen) atoms. The summed E-state index contributed by atoms with van der Waals surface area (Å²) in [4.78, 5) is 29.1. The summed E-state index contributed by atoms with van der Waals surface area (Å²) in [6.07, 6.45) is 0. The molecule has 122 valence electrons. The lowest BCUT2D eigenvalue weighted by molar-refractivity contribution is 0.0962. The Labute approximate surface area is 143 Å². The van der Waals surface area contributed by atoms with Gasteiger partial charge in [0.2, 0.25) is 5.95 Å². The second-order valence-electron chi connectivity index (χ2n) is 5.06. The van der Waals surface area contributed by atoms with E-state index in [1.807, 2.05) is 6.92 Å². The van der Waals surface area contributed by atoms with Crippen LogP contribution in [0.25, 0.3) is 10.9 Å². The summed E-state index contributed by atoms with van der Waals surface area (Å²) in [5.74, 6) is -0.146. The zero-order valence-corrected chi connectivity index (χ0v) is 13.7. The number of nitrogens with one attached hydrogen (secondary N) is 2. The van der Waals surface area contributed by atoms with Gasteiger partial charge < -0.3 is 0 Å². The lowest BCUT2D eigenvalue weighted by atomic mass is 10.2. The summed E-state index contributed by atoms with van der Waals surface area (Å²) < 4.78 is 1.45. The smallest absolute Gasteiger partial charge is 0.271 e. The van der Waals surface area contributed by atoms with Crippen LogP contribution in [0.4, 0.5) is 5.95 Å². The molecule has 1 aromatic heterocycles. The number of halogens is 1. The second-order valence-corrected chi connectivity index (χ2v) is 5.47. The third-order valence-corrected chi connectivity index (χ3v) is 3.91. The number of carbonyl (C=O) groups is 1. The first-order valence-corrected chi connectivity index (χ1v) is 7.80. The standard InChI is InChI=1S/C17H15ClN4O2/c1-2-22-16(24)12-8-4-6-10-14(12)19-17(22)21-20-15(23)11-7-3-5-9-13(11)18/h3-10H,2H2,1H3,(H,19,21)(H,20,23). The van der Waals surface area contributed by atoms with Crippen LogP contribution in [-0.4, -0.2) is 15.5 Å². The van der Waals surface area contributed by atoms with Gasteiger partial charge in [-0.25, -0.2) is 4.98 Å². The Morgan fingerprint density at radius 2 is 1.88 bits per heavy atom. The number of benzene rings is 2. The number of aromatic nitrogens is 2. The van der Waals surface area contributed by atoms with Gasteiger partial charge in [-0.1, -0.05) is 35.9 Å². The Balaban J connectivity index is 1.91. The van der Waals surface area contributed by atoms with Crippen molar-refractivity contribution in [3.63, 3.8) is 0 Å². The van der Waals surface area contributed by atoms with Crippen LogP contribution in [0.3, 0.4) is 0 Å². The van der Waals surface area contributed by atoms with Crippen molar-refractivity contribution in [2.24, 2.45) is 0 Å². The average Bonchev–Trinajstić information content (AvgIpc) is 2.60. The summed E-state index contributed by atoms with van der Waals surface area (Å²) in [5, 5.41) is 0.874. The number of rotatable bonds is 4. The molecule has 0 aliphatic rings. The maximum atomic E-state index is 12.5.